The van der Waals surface area contributed by atoms with E-state index >= 15 is 0 Å². The first-order chi connectivity index (χ1) is 12.2. The number of nitrogens with one attached hydrogen (secondary N) is 1. The van der Waals surface area contributed by atoms with E-state index in [9.17, 15) is 4.39 Å². The van der Waals surface area contributed by atoms with Gasteiger partial charge in [-0.15, -0.1) is 0 Å². The van der Waals surface area contributed by atoms with Crippen LogP contribution in [0.4, 0.5) is 4.39 Å². The lowest BCUT2D eigenvalue weighted by molar-refractivity contribution is 0.306. The molecular weight excluding hydrogens is 339 g/mol. The number of aryl methyl sites for hydroxylation is 1. The van der Waals surface area contributed by atoms with Crippen molar-refractivity contribution in [1.82, 2.24) is 14.9 Å². The van der Waals surface area contributed by atoms with Gasteiger partial charge in [0.05, 0.1) is 6.21 Å². The van der Waals surface area contributed by atoms with Crippen molar-refractivity contribution < 1.29 is 9.13 Å². The molecule has 0 aliphatic heterocycles. The minimum atomic E-state index is -0.253. The lowest BCUT2D eigenvalue weighted by atomic mass is 10.2. The van der Waals surface area contributed by atoms with Crippen molar-refractivity contribution in [2.45, 2.75) is 20.0 Å². The zero-order chi connectivity index (χ0) is 17.6. The van der Waals surface area contributed by atoms with Gasteiger partial charge in [-0.2, -0.15) is 14.9 Å². The Morgan fingerprint density at radius 1 is 1.20 bits per heavy atom. The number of halogens is 1. The number of ether oxygens (including phenoxy) is 1. The highest BCUT2D eigenvalue weighted by Gasteiger charge is 2.01. The Balaban J connectivity index is 1.64. The molecule has 0 aliphatic rings. The molecule has 5 nitrogen and oxygen atoms in total. The first-order valence-corrected chi connectivity index (χ1v) is 8.24. The Kier molecular flexibility index (Phi) is 5.35. The molecule has 0 saturated heterocycles. The number of nitrogens with zero attached hydrogens (tertiary/aromatic N) is 3. The fourth-order valence-corrected chi connectivity index (χ4v) is 2.39. The van der Waals surface area contributed by atoms with Crippen molar-refractivity contribution in [1.29, 1.82) is 0 Å². The minimum Gasteiger partial charge on any atom is -0.489 e. The second-order valence-corrected chi connectivity index (χ2v) is 5.73. The summed E-state index contributed by atoms with van der Waals surface area (Å²) in [7, 11) is 0. The maximum Gasteiger partial charge on any atom is 0.216 e. The molecule has 0 radical (unpaired) electrons. The standard InChI is InChI=1S/C18H17FN4OS/c1-2-17-21-22-18(25)23(17)20-11-13-5-9-16(10-6-13)24-12-14-3-7-15(19)8-4-14/h3-11H,2,12H2,1H3,(H,22,25)/b20-11+. The van der Waals surface area contributed by atoms with Crippen molar-refractivity contribution in [3.05, 3.63) is 76.1 Å². The molecule has 0 bridgehead atoms. The summed E-state index contributed by atoms with van der Waals surface area (Å²) in [5.74, 6) is 1.26. The van der Waals surface area contributed by atoms with E-state index in [1.807, 2.05) is 31.2 Å². The number of rotatable bonds is 6. The summed E-state index contributed by atoms with van der Waals surface area (Å²) in [5.41, 5.74) is 1.83. The third-order valence-electron chi connectivity index (χ3n) is 3.55. The largest absolute Gasteiger partial charge is 0.489 e. The number of aromatic amines is 1. The predicted molar refractivity (Wildman–Crippen MR) is 97.0 cm³/mol. The molecule has 1 aromatic heterocycles. The third kappa shape index (κ3) is 4.39. The van der Waals surface area contributed by atoms with Crippen LogP contribution in [0.2, 0.25) is 0 Å². The molecule has 7 heteroatoms. The van der Waals surface area contributed by atoms with Gasteiger partial charge in [0.15, 0.2) is 5.82 Å². The van der Waals surface area contributed by atoms with Crippen LogP contribution in [0.5, 0.6) is 5.75 Å². The van der Waals surface area contributed by atoms with Gasteiger partial charge >= 0.3 is 0 Å². The van der Waals surface area contributed by atoms with Crippen molar-refractivity contribution in [2.24, 2.45) is 5.10 Å². The molecule has 1 N–H and O–H groups in total. The van der Waals surface area contributed by atoms with E-state index in [1.54, 1.807) is 23.0 Å². The predicted octanol–water partition coefficient (Wildman–Crippen LogP) is 4.10. The van der Waals surface area contributed by atoms with Gasteiger partial charge in [0.25, 0.3) is 0 Å². The van der Waals surface area contributed by atoms with Crippen LogP contribution < -0.4 is 4.74 Å². The van der Waals surface area contributed by atoms with E-state index < -0.39 is 0 Å². The van der Waals surface area contributed by atoms with Crippen LogP contribution in [0, 0.1) is 10.6 Å². The molecular formula is C18H17FN4OS. The second kappa shape index (κ2) is 7.85. The zero-order valence-corrected chi connectivity index (χ0v) is 14.5. The van der Waals surface area contributed by atoms with Gasteiger partial charge in [-0.3, -0.25) is 5.10 Å². The molecule has 0 amide bonds. The lowest BCUT2D eigenvalue weighted by Crippen LogP contribution is -1.98. The monoisotopic (exact) mass is 356 g/mol. The SMILES string of the molecule is CCc1n[nH]c(=S)n1/N=C/c1ccc(OCc2ccc(F)cc2)cc1. The fourth-order valence-electron chi connectivity index (χ4n) is 2.19. The van der Waals surface area contributed by atoms with Crippen molar-refractivity contribution in [3.63, 3.8) is 0 Å². The average molecular weight is 356 g/mol. The summed E-state index contributed by atoms with van der Waals surface area (Å²) in [6.07, 6.45) is 2.45. The maximum atomic E-state index is 12.9. The number of hydrogen-bond donors (Lipinski definition) is 1. The molecule has 0 saturated carbocycles. The summed E-state index contributed by atoms with van der Waals surface area (Å²) in [6.45, 7) is 2.38. The smallest absolute Gasteiger partial charge is 0.216 e. The zero-order valence-electron chi connectivity index (χ0n) is 13.6. The van der Waals surface area contributed by atoms with E-state index in [4.69, 9.17) is 17.0 Å². The van der Waals surface area contributed by atoms with Gasteiger partial charge in [-0.05, 0) is 59.7 Å². The van der Waals surface area contributed by atoms with E-state index in [0.29, 0.717) is 11.4 Å². The highest BCUT2D eigenvalue weighted by molar-refractivity contribution is 7.71. The Bertz CT molecular complexity index is 913. The number of aromatic nitrogens is 3. The molecule has 0 spiro atoms. The maximum absolute atomic E-state index is 12.9. The third-order valence-corrected chi connectivity index (χ3v) is 3.82. The van der Waals surface area contributed by atoms with Gasteiger partial charge < -0.3 is 4.74 Å². The molecule has 0 atom stereocenters. The first-order valence-electron chi connectivity index (χ1n) is 7.83. The molecule has 128 valence electrons. The summed E-state index contributed by atoms with van der Waals surface area (Å²) < 4.78 is 20.6. The molecule has 25 heavy (non-hydrogen) atoms. The fraction of sp³-hybridized carbons (Fsp3) is 0.167. The van der Waals surface area contributed by atoms with Crippen molar-refractivity contribution in [2.75, 3.05) is 0 Å². The van der Waals surface area contributed by atoms with E-state index in [1.165, 1.54) is 12.1 Å². The molecule has 0 unspecified atom stereocenters. The van der Waals surface area contributed by atoms with E-state index in [2.05, 4.69) is 15.3 Å². The van der Waals surface area contributed by atoms with Gasteiger partial charge in [-0.25, -0.2) is 4.39 Å². The molecule has 0 fully saturated rings. The molecule has 3 aromatic rings. The highest BCUT2D eigenvalue weighted by Crippen LogP contribution is 2.14. The minimum absolute atomic E-state index is 0.253. The summed E-state index contributed by atoms with van der Waals surface area (Å²) in [4.78, 5) is 0. The Morgan fingerprint density at radius 3 is 2.60 bits per heavy atom. The second-order valence-electron chi connectivity index (χ2n) is 5.34. The quantitative estimate of drug-likeness (QED) is 0.534. The van der Waals surface area contributed by atoms with Crippen molar-refractivity contribution >= 4 is 18.4 Å². The Labute approximate surface area is 149 Å². The average Bonchev–Trinajstić information content (AvgIpc) is 3.00. The summed E-state index contributed by atoms with van der Waals surface area (Å²) >= 11 is 5.15. The van der Waals surface area contributed by atoms with Crippen LogP contribution in [0.3, 0.4) is 0 Å². The molecule has 2 aromatic carbocycles. The summed E-state index contributed by atoms with van der Waals surface area (Å²) in [5, 5.41) is 11.2. The van der Waals surface area contributed by atoms with Crippen LogP contribution in [0.1, 0.15) is 23.9 Å². The molecule has 0 aliphatic carbocycles. The number of hydrogen-bond acceptors (Lipinski definition) is 4. The Morgan fingerprint density at radius 2 is 1.92 bits per heavy atom. The van der Waals surface area contributed by atoms with Gasteiger partial charge in [0.1, 0.15) is 18.2 Å². The van der Waals surface area contributed by atoms with Crippen LogP contribution in [0.15, 0.2) is 53.6 Å². The van der Waals surface area contributed by atoms with Gasteiger partial charge in [-0.1, -0.05) is 19.1 Å². The van der Waals surface area contributed by atoms with E-state index in [0.717, 1.165) is 29.1 Å². The molecule has 1 heterocycles. The van der Waals surface area contributed by atoms with Crippen LogP contribution >= 0.6 is 12.2 Å². The number of benzene rings is 2. The summed E-state index contributed by atoms with van der Waals surface area (Å²) in [6, 6.07) is 13.8. The van der Waals surface area contributed by atoms with Gasteiger partial charge in [0.2, 0.25) is 4.77 Å². The van der Waals surface area contributed by atoms with E-state index in [-0.39, 0.29) is 5.82 Å². The lowest BCUT2D eigenvalue weighted by Gasteiger charge is -2.06. The normalized spacial score (nSPS) is 11.1. The highest BCUT2D eigenvalue weighted by atomic mass is 32.1. The Hall–Kier alpha value is -2.80. The van der Waals surface area contributed by atoms with Crippen LogP contribution in [-0.2, 0) is 13.0 Å². The topological polar surface area (TPSA) is 55.2 Å². The van der Waals surface area contributed by atoms with Gasteiger partial charge in [0, 0.05) is 6.42 Å². The number of H-pyrrole nitrogens is 1. The van der Waals surface area contributed by atoms with Crippen molar-refractivity contribution in [3.8, 4) is 5.75 Å². The molecule has 3 rings (SSSR count). The van der Waals surface area contributed by atoms with Crippen LogP contribution in [0.25, 0.3) is 0 Å². The van der Waals surface area contributed by atoms with Crippen LogP contribution in [-0.4, -0.2) is 21.1 Å². The first kappa shape index (κ1) is 17.0.